The summed E-state index contributed by atoms with van der Waals surface area (Å²) >= 11 is 0. The molecule has 0 bridgehead atoms. The number of nitroso groups, excluding NO2 is 1. The third kappa shape index (κ3) is 16.0. The normalized spacial score (nSPS) is 9.21. The van der Waals surface area contributed by atoms with Gasteiger partial charge in [-0.25, -0.2) is 14.6 Å². The number of carbonyl (C=O) groups excluding carboxylic acids is 1. The molecule has 0 fully saturated rings. The van der Waals surface area contributed by atoms with Crippen molar-refractivity contribution in [3.05, 3.63) is 29.2 Å². The lowest BCUT2D eigenvalue weighted by atomic mass is 10.2. The van der Waals surface area contributed by atoms with E-state index in [0.717, 1.165) is 25.1 Å². The summed E-state index contributed by atoms with van der Waals surface area (Å²) in [7, 11) is 6.17. The Morgan fingerprint density at radius 1 is 1.07 bits per heavy atom. The smallest absolute Gasteiger partial charge is 0.407 e. The summed E-state index contributed by atoms with van der Waals surface area (Å²) in [6.45, 7) is 6.44. The molecule has 1 rings (SSSR count). The molecule has 0 heterocycles. The van der Waals surface area contributed by atoms with Crippen LogP contribution in [-0.4, -0.2) is 60.8 Å². The minimum atomic E-state index is -0.375. The molecular weight excluding hydrogens is 366 g/mol. The van der Waals surface area contributed by atoms with Gasteiger partial charge in [0, 0.05) is 33.0 Å². The van der Waals surface area contributed by atoms with Crippen LogP contribution in [0.3, 0.4) is 0 Å². The van der Waals surface area contributed by atoms with E-state index in [9.17, 15) is 9.70 Å². The van der Waals surface area contributed by atoms with Gasteiger partial charge in [0.2, 0.25) is 0 Å². The maximum absolute atomic E-state index is 11.4. The van der Waals surface area contributed by atoms with Crippen LogP contribution in [0.25, 0.3) is 0 Å². The first kappa shape index (κ1) is 28.0. The third-order valence-electron chi connectivity index (χ3n) is 3.26. The van der Waals surface area contributed by atoms with E-state index in [1.165, 1.54) is 14.2 Å². The number of rotatable bonds is 10. The summed E-state index contributed by atoms with van der Waals surface area (Å²) in [4.78, 5) is 31.9. The summed E-state index contributed by atoms with van der Waals surface area (Å²) in [5.41, 5.74) is 1.38. The standard InChI is InChI=1S/C15H23N3O3.C2H6O2.C2H6O/c1-3-5-10-16-15(19)21-12-11-18(4-2)14-8-6-13(17-20)7-9-14;1-3-4-2;1-3-2/h6-9H,3-5,10-12H2,1-2H3,(H,16,19);1-2H3;1-2H3. The molecule has 0 spiro atoms. The number of hydrogen-bond acceptors (Lipinski definition) is 8. The number of anilines is 1. The number of nitrogens with one attached hydrogen (secondary N) is 1. The van der Waals surface area contributed by atoms with Crippen LogP contribution in [-0.2, 0) is 19.2 Å². The SMILES string of the molecule is CCCCNC(=O)OCCN(CC)c1ccc(N=O)cc1.COC.COOC. The Labute approximate surface area is 168 Å². The van der Waals surface area contributed by atoms with Crippen molar-refractivity contribution in [2.75, 3.05) is 59.6 Å². The lowest BCUT2D eigenvalue weighted by Crippen LogP contribution is -2.31. The number of ether oxygens (including phenoxy) is 2. The molecule has 0 radical (unpaired) electrons. The zero-order valence-electron chi connectivity index (χ0n) is 17.9. The van der Waals surface area contributed by atoms with E-state index < -0.39 is 0 Å². The fraction of sp³-hybridized carbons (Fsp3) is 0.632. The number of unbranched alkanes of at least 4 members (excludes halogenated alkanes) is 1. The molecule has 1 amide bonds. The van der Waals surface area contributed by atoms with E-state index in [4.69, 9.17) is 4.74 Å². The Morgan fingerprint density at radius 2 is 1.64 bits per heavy atom. The van der Waals surface area contributed by atoms with Crippen LogP contribution in [0.2, 0.25) is 0 Å². The molecule has 162 valence electrons. The monoisotopic (exact) mass is 401 g/mol. The highest BCUT2D eigenvalue weighted by Gasteiger charge is 2.06. The molecule has 0 aliphatic carbocycles. The second kappa shape index (κ2) is 21.1. The van der Waals surface area contributed by atoms with E-state index >= 15 is 0 Å². The van der Waals surface area contributed by atoms with Gasteiger partial charge >= 0.3 is 6.09 Å². The average Bonchev–Trinajstić information content (AvgIpc) is 2.72. The van der Waals surface area contributed by atoms with Gasteiger partial charge in [0.25, 0.3) is 0 Å². The van der Waals surface area contributed by atoms with Crippen molar-refractivity contribution in [1.82, 2.24) is 5.32 Å². The zero-order valence-corrected chi connectivity index (χ0v) is 17.9. The summed E-state index contributed by atoms with van der Waals surface area (Å²) in [5, 5.41) is 5.57. The molecule has 0 aromatic heterocycles. The maximum atomic E-state index is 11.4. The summed E-state index contributed by atoms with van der Waals surface area (Å²) < 4.78 is 9.38. The van der Waals surface area contributed by atoms with E-state index in [-0.39, 0.29) is 6.09 Å². The van der Waals surface area contributed by atoms with Crippen LogP contribution in [0.5, 0.6) is 0 Å². The van der Waals surface area contributed by atoms with Crippen molar-refractivity contribution in [2.24, 2.45) is 5.18 Å². The van der Waals surface area contributed by atoms with E-state index in [0.29, 0.717) is 25.4 Å². The zero-order chi connectivity index (χ0) is 21.6. The molecule has 28 heavy (non-hydrogen) atoms. The molecule has 9 nitrogen and oxygen atoms in total. The second-order valence-electron chi connectivity index (χ2n) is 5.35. The van der Waals surface area contributed by atoms with E-state index in [1.807, 2.05) is 19.1 Å². The Kier molecular flexibility index (Phi) is 21.1. The van der Waals surface area contributed by atoms with Gasteiger partial charge in [-0.2, -0.15) is 0 Å². The molecule has 0 atom stereocenters. The Morgan fingerprint density at radius 3 is 2.07 bits per heavy atom. The number of nitrogens with zero attached hydrogens (tertiary/aromatic N) is 2. The fourth-order valence-electron chi connectivity index (χ4n) is 1.86. The molecule has 9 heteroatoms. The van der Waals surface area contributed by atoms with Gasteiger partial charge in [-0.1, -0.05) is 13.3 Å². The Hall–Kier alpha value is -2.23. The van der Waals surface area contributed by atoms with Crippen LogP contribution in [0.1, 0.15) is 26.7 Å². The molecule has 0 saturated heterocycles. The van der Waals surface area contributed by atoms with Crippen LogP contribution in [0.15, 0.2) is 29.4 Å². The molecule has 0 saturated carbocycles. The maximum Gasteiger partial charge on any atom is 0.407 e. The van der Waals surface area contributed by atoms with E-state index in [2.05, 4.69) is 36.8 Å². The first-order chi connectivity index (χ1) is 13.5. The first-order valence-electron chi connectivity index (χ1n) is 9.10. The molecule has 0 unspecified atom stereocenters. The van der Waals surface area contributed by atoms with Gasteiger partial charge in [0.15, 0.2) is 0 Å². The molecule has 1 aromatic rings. The van der Waals surface area contributed by atoms with Gasteiger partial charge in [-0.05, 0) is 42.8 Å². The highest BCUT2D eigenvalue weighted by Crippen LogP contribution is 2.19. The van der Waals surface area contributed by atoms with Crippen LogP contribution < -0.4 is 10.2 Å². The van der Waals surface area contributed by atoms with Crippen LogP contribution in [0, 0.1) is 4.91 Å². The molecule has 0 aliphatic heterocycles. The topological polar surface area (TPSA) is 98.7 Å². The Bertz CT molecular complexity index is 483. The van der Waals surface area contributed by atoms with Crippen molar-refractivity contribution >= 4 is 17.5 Å². The van der Waals surface area contributed by atoms with Crippen molar-refractivity contribution < 1.29 is 24.0 Å². The lowest BCUT2D eigenvalue weighted by molar-refractivity contribution is -0.248. The Balaban J connectivity index is 0. The first-order valence-corrected chi connectivity index (χ1v) is 9.10. The van der Waals surface area contributed by atoms with Crippen molar-refractivity contribution in [1.29, 1.82) is 0 Å². The molecule has 1 N–H and O–H groups in total. The van der Waals surface area contributed by atoms with Gasteiger partial charge in [0.05, 0.1) is 20.8 Å². The number of alkyl carbamates (subject to hydrolysis) is 1. The summed E-state index contributed by atoms with van der Waals surface area (Å²) in [6.07, 6.45) is 1.61. The van der Waals surface area contributed by atoms with Crippen LogP contribution in [0.4, 0.5) is 16.2 Å². The molecule has 1 aromatic carbocycles. The van der Waals surface area contributed by atoms with Gasteiger partial charge in [0.1, 0.15) is 12.3 Å². The van der Waals surface area contributed by atoms with Crippen molar-refractivity contribution in [2.45, 2.75) is 26.7 Å². The number of methoxy groups -OCH3 is 1. The number of likely N-dealkylation sites (N-methyl/N-ethyl adjacent to an activating group) is 1. The van der Waals surface area contributed by atoms with Crippen molar-refractivity contribution in [3.63, 3.8) is 0 Å². The van der Waals surface area contributed by atoms with Gasteiger partial charge in [-0.15, -0.1) is 4.91 Å². The highest BCUT2D eigenvalue weighted by atomic mass is 17.2. The third-order valence-corrected chi connectivity index (χ3v) is 3.26. The fourth-order valence-corrected chi connectivity index (χ4v) is 1.86. The number of benzene rings is 1. The van der Waals surface area contributed by atoms with Gasteiger partial charge < -0.3 is 19.7 Å². The largest absolute Gasteiger partial charge is 0.448 e. The predicted molar refractivity (Wildman–Crippen MR) is 111 cm³/mol. The van der Waals surface area contributed by atoms with Crippen LogP contribution >= 0.6 is 0 Å². The molecular formula is C19H35N3O6. The number of carbonyl (C=O) groups is 1. The van der Waals surface area contributed by atoms with Gasteiger partial charge in [-0.3, -0.25) is 0 Å². The quantitative estimate of drug-likeness (QED) is 0.275. The number of hydrogen-bond donors (Lipinski definition) is 1. The average molecular weight is 402 g/mol. The predicted octanol–water partition coefficient (Wildman–Crippen LogP) is 3.89. The molecule has 0 aliphatic rings. The summed E-state index contributed by atoms with van der Waals surface area (Å²) in [6, 6.07) is 7.01. The summed E-state index contributed by atoms with van der Waals surface area (Å²) in [5.74, 6) is 0. The number of amides is 1. The van der Waals surface area contributed by atoms with Crippen molar-refractivity contribution in [3.8, 4) is 0 Å². The lowest BCUT2D eigenvalue weighted by Gasteiger charge is -2.22. The minimum Gasteiger partial charge on any atom is -0.448 e. The van der Waals surface area contributed by atoms with E-state index in [1.54, 1.807) is 26.4 Å². The highest BCUT2D eigenvalue weighted by molar-refractivity contribution is 5.67. The minimum absolute atomic E-state index is 0.319. The second-order valence-corrected chi connectivity index (χ2v) is 5.35.